The van der Waals surface area contributed by atoms with E-state index in [1.165, 1.54) is 11.8 Å². The van der Waals surface area contributed by atoms with Crippen LogP contribution in [0.2, 0.25) is 0 Å². The molecule has 0 aromatic carbocycles. The van der Waals surface area contributed by atoms with Gasteiger partial charge in [-0.1, -0.05) is 37.3 Å². The quantitative estimate of drug-likeness (QED) is 0.277. The zero-order valence-electron chi connectivity index (χ0n) is 21.1. The lowest BCUT2D eigenvalue weighted by Gasteiger charge is -2.37. The van der Waals surface area contributed by atoms with E-state index in [0.717, 1.165) is 38.5 Å². The van der Waals surface area contributed by atoms with Crippen molar-refractivity contribution in [1.82, 2.24) is 14.4 Å². The highest BCUT2D eigenvalue weighted by Gasteiger charge is 2.33. The molecule has 0 spiro atoms. The van der Waals surface area contributed by atoms with Gasteiger partial charge in [-0.2, -0.15) is 5.26 Å². The van der Waals surface area contributed by atoms with Crippen LogP contribution in [0.25, 0.3) is 6.08 Å². The van der Waals surface area contributed by atoms with Gasteiger partial charge in [0.15, 0.2) is 0 Å². The molecule has 1 aromatic rings. The van der Waals surface area contributed by atoms with Crippen LogP contribution in [0.15, 0.2) is 9.70 Å². The SMILES string of the molecule is CCN1CCN(c2c(C=C3SC(=S)N(CCCCCC(=O)O)C3=O)c(C)c(C#N)c(=O)n2CC)CC1. The van der Waals surface area contributed by atoms with Crippen molar-refractivity contribution >= 4 is 52.1 Å². The summed E-state index contributed by atoms with van der Waals surface area (Å²) in [6.45, 7) is 10.8. The first-order chi connectivity index (χ1) is 17.2. The third kappa shape index (κ3) is 5.99. The second-order valence-electron chi connectivity index (χ2n) is 8.86. The number of nitriles is 1. The molecule has 2 aliphatic rings. The van der Waals surface area contributed by atoms with Gasteiger partial charge in [0.25, 0.3) is 11.5 Å². The monoisotopic (exact) mass is 531 g/mol. The molecule has 2 fully saturated rings. The number of carbonyl (C=O) groups is 2. The molecule has 3 rings (SSSR count). The Morgan fingerprint density at radius 1 is 1.14 bits per heavy atom. The molecule has 2 aliphatic heterocycles. The Hall–Kier alpha value is -2.68. The summed E-state index contributed by atoms with van der Waals surface area (Å²) in [5.74, 6) is -0.276. The number of carboxylic acid groups (broad SMARTS) is 1. The number of piperazine rings is 1. The fraction of sp³-hybridized carbons (Fsp3) is 0.560. The molecule has 1 N–H and O–H groups in total. The second-order valence-corrected chi connectivity index (χ2v) is 10.5. The van der Waals surface area contributed by atoms with Gasteiger partial charge in [0.2, 0.25) is 0 Å². The summed E-state index contributed by atoms with van der Waals surface area (Å²) >= 11 is 6.70. The number of amides is 1. The molecule has 3 heterocycles. The summed E-state index contributed by atoms with van der Waals surface area (Å²) in [5, 5.41) is 18.5. The number of likely N-dealkylation sites (N-methyl/N-ethyl adjacent to an activating group) is 1. The molecule has 1 amide bonds. The molecule has 9 nitrogen and oxygen atoms in total. The molecule has 194 valence electrons. The zero-order valence-corrected chi connectivity index (χ0v) is 22.7. The van der Waals surface area contributed by atoms with Crippen molar-refractivity contribution in [2.45, 2.75) is 53.0 Å². The van der Waals surface area contributed by atoms with E-state index in [1.54, 1.807) is 22.5 Å². The number of unbranched alkanes of at least 4 members (excludes halogenated alkanes) is 2. The Morgan fingerprint density at radius 3 is 2.42 bits per heavy atom. The number of anilines is 1. The molecular weight excluding hydrogens is 498 g/mol. The van der Waals surface area contributed by atoms with Crippen molar-refractivity contribution in [3.05, 3.63) is 31.9 Å². The molecule has 36 heavy (non-hydrogen) atoms. The second kappa shape index (κ2) is 12.5. The van der Waals surface area contributed by atoms with Gasteiger partial charge in [-0.3, -0.25) is 23.9 Å². The normalized spacial score (nSPS) is 17.8. The summed E-state index contributed by atoms with van der Waals surface area (Å²) in [4.78, 5) is 43.7. The van der Waals surface area contributed by atoms with Crippen LogP contribution in [0.3, 0.4) is 0 Å². The van der Waals surface area contributed by atoms with Gasteiger partial charge in [-0.15, -0.1) is 0 Å². The summed E-state index contributed by atoms with van der Waals surface area (Å²) in [5.41, 5.74) is 1.06. The van der Waals surface area contributed by atoms with Gasteiger partial charge in [0, 0.05) is 51.3 Å². The first-order valence-electron chi connectivity index (χ1n) is 12.3. The van der Waals surface area contributed by atoms with E-state index in [9.17, 15) is 19.6 Å². The first kappa shape index (κ1) is 27.9. The summed E-state index contributed by atoms with van der Waals surface area (Å²) in [7, 11) is 0. The maximum absolute atomic E-state index is 13.3. The average Bonchev–Trinajstić information content (AvgIpc) is 3.12. The Morgan fingerprint density at radius 2 is 1.83 bits per heavy atom. The van der Waals surface area contributed by atoms with E-state index in [0.29, 0.717) is 52.7 Å². The number of pyridine rings is 1. The third-order valence-corrected chi connectivity index (χ3v) is 8.08. The first-order valence-corrected chi connectivity index (χ1v) is 13.6. The fourth-order valence-corrected chi connectivity index (χ4v) is 5.89. The highest BCUT2D eigenvalue weighted by molar-refractivity contribution is 8.26. The molecule has 0 atom stereocenters. The van der Waals surface area contributed by atoms with Crippen molar-refractivity contribution in [2.24, 2.45) is 0 Å². The van der Waals surface area contributed by atoms with Crippen LogP contribution < -0.4 is 10.5 Å². The number of hydrogen-bond donors (Lipinski definition) is 1. The number of thiocarbonyl (C=S) groups is 1. The van der Waals surface area contributed by atoms with Crippen molar-refractivity contribution in [3.8, 4) is 6.07 Å². The number of hydrogen-bond acceptors (Lipinski definition) is 8. The van der Waals surface area contributed by atoms with Crippen LogP contribution in [0.5, 0.6) is 0 Å². The number of aliphatic carboxylic acids is 1. The highest BCUT2D eigenvalue weighted by atomic mass is 32.2. The van der Waals surface area contributed by atoms with Gasteiger partial charge in [-0.25, -0.2) is 0 Å². The summed E-state index contributed by atoms with van der Waals surface area (Å²) < 4.78 is 2.10. The van der Waals surface area contributed by atoms with Crippen LogP contribution in [-0.4, -0.2) is 74.9 Å². The minimum Gasteiger partial charge on any atom is -0.481 e. The van der Waals surface area contributed by atoms with Crippen LogP contribution in [-0.2, 0) is 16.1 Å². The molecule has 0 saturated carbocycles. The van der Waals surface area contributed by atoms with Gasteiger partial charge in [-0.05, 0) is 44.9 Å². The van der Waals surface area contributed by atoms with Crippen molar-refractivity contribution in [2.75, 3.05) is 44.2 Å². The number of aromatic nitrogens is 1. The predicted octanol–water partition coefficient (Wildman–Crippen LogP) is 3.04. The van der Waals surface area contributed by atoms with E-state index in [-0.39, 0.29) is 23.5 Å². The molecule has 1 aromatic heterocycles. The minimum absolute atomic E-state index is 0.0907. The maximum Gasteiger partial charge on any atom is 0.303 e. The Kier molecular flexibility index (Phi) is 9.70. The van der Waals surface area contributed by atoms with E-state index in [4.69, 9.17) is 17.3 Å². The number of thioether (sulfide) groups is 1. The standard InChI is InChI=1S/C25H33N5O4S2/c1-4-27-11-13-28(14-12-27)22-18(17(3)19(16-26)23(33)29(22)5-2)15-20-24(34)30(25(35)36-20)10-8-6-7-9-21(31)32/h15H,4-14H2,1-3H3,(H,31,32). The van der Waals surface area contributed by atoms with Gasteiger partial charge < -0.3 is 14.9 Å². The third-order valence-electron chi connectivity index (χ3n) is 6.70. The highest BCUT2D eigenvalue weighted by Crippen LogP contribution is 2.36. The van der Waals surface area contributed by atoms with Crippen LogP contribution in [0.4, 0.5) is 5.82 Å². The van der Waals surface area contributed by atoms with Crippen molar-refractivity contribution < 1.29 is 14.7 Å². The Labute approximate surface area is 221 Å². The molecular formula is C25H33N5O4S2. The van der Waals surface area contributed by atoms with E-state index in [1.807, 2.05) is 6.92 Å². The Bertz CT molecular complexity index is 1160. The van der Waals surface area contributed by atoms with Crippen LogP contribution in [0.1, 0.15) is 56.2 Å². The van der Waals surface area contributed by atoms with Crippen LogP contribution >= 0.6 is 24.0 Å². The number of nitrogens with zero attached hydrogens (tertiary/aromatic N) is 5. The lowest BCUT2D eigenvalue weighted by atomic mass is 10.0. The topological polar surface area (TPSA) is 110 Å². The average molecular weight is 532 g/mol. The maximum atomic E-state index is 13.3. The lowest BCUT2D eigenvalue weighted by Crippen LogP contribution is -2.48. The number of rotatable bonds is 10. The van der Waals surface area contributed by atoms with Gasteiger partial charge in [0.05, 0.1) is 4.91 Å². The zero-order chi connectivity index (χ0) is 26.4. The molecule has 2 saturated heterocycles. The number of carbonyl (C=O) groups excluding carboxylic acids is 1. The van der Waals surface area contributed by atoms with Crippen molar-refractivity contribution in [3.63, 3.8) is 0 Å². The number of carboxylic acids is 1. The van der Waals surface area contributed by atoms with Crippen molar-refractivity contribution in [1.29, 1.82) is 5.26 Å². The van der Waals surface area contributed by atoms with E-state index >= 15 is 0 Å². The molecule has 0 aliphatic carbocycles. The lowest BCUT2D eigenvalue weighted by molar-refractivity contribution is -0.137. The predicted molar refractivity (Wildman–Crippen MR) is 146 cm³/mol. The van der Waals surface area contributed by atoms with Crippen LogP contribution in [0, 0.1) is 18.3 Å². The fourth-order valence-electron chi connectivity index (χ4n) is 4.60. The van der Waals surface area contributed by atoms with E-state index in [2.05, 4.69) is 22.8 Å². The summed E-state index contributed by atoms with van der Waals surface area (Å²) in [6, 6.07) is 2.07. The molecule has 0 unspecified atom stereocenters. The van der Waals surface area contributed by atoms with E-state index < -0.39 is 5.97 Å². The minimum atomic E-state index is -0.823. The molecule has 0 bridgehead atoms. The van der Waals surface area contributed by atoms with Gasteiger partial charge >= 0.3 is 5.97 Å². The smallest absolute Gasteiger partial charge is 0.303 e. The molecule has 0 radical (unpaired) electrons. The molecule has 11 heteroatoms. The summed E-state index contributed by atoms with van der Waals surface area (Å²) in [6.07, 6.45) is 3.82. The Balaban J connectivity index is 1.96. The largest absolute Gasteiger partial charge is 0.481 e. The van der Waals surface area contributed by atoms with Gasteiger partial charge in [0.1, 0.15) is 21.8 Å².